The second-order valence-electron chi connectivity index (χ2n) is 7.12. The zero-order chi connectivity index (χ0) is 22.1. The Bertz CT molecular complexity index is 1060. The van der Waals surface area contributed by atoms with E-state index in [1.807, 2.05) is 24.3 Å². The molecule has 8 heteroatoms. The molecule has 31 heavy (non-hydrogen) atoms. The maximum atomic E-state index is 13.4. The van der Waals surface area contributed by atoms with Crippen LogP contribution >= 0.6 is 0 Å². The summed E-state index contributed by atoms with van der Waals surface area (Å²) in [6, 6.07) is 11.4. The molecule has 1 unspecified atom stereocenters. The molecule has 2 aliphatic heterocycles. The lowest BCUT2D eigenvalue weighted by Gasteiger charge is -2.24. The Hall–Kier alpha value is -3.81. The van der Waals surface area contributed by atoms with Gasteiger partial charge < -0.3 is 24.4 Å². The number of para-hydroxylation sites is 1. The van der Waals surface area contributed by atoms with E-state index in [0.717, 1.165) is 11.3 Å². The van der Waals surface area contributed by atoms with Crippen molar-refractivity contribution in [3.05, 3.63) is 59.3 Å². The number of ether oxygens (including phenoxy) is 3. The summed E-state index contributed by atoms with van der Waals surface area (Å²) in [7, 11) is 3.02. The summed E-state index contributed by atoms with van der Waals surface area (Å²) < 4.78 is 15.8. The molecule has 0 aliphatic carbocycles. The van der Waals surface area contributed by atoms with Gasteiger partial charge in [-0.15, -0.1) is 0 Å². The fourth-order valence-electron chi connectivity index (χ4n) is 3.90. The lowest BCUT2D eigenvalue weighted by Crippen LogP contribution is -2.42. The standard InChI is InChI=1S/C23H23N3O5/c1-4-31-23(28)20-21(27)19(18-9-13-7-5-6-8-17(13)25-18)22(24)26(20)14-10-15(29-2)12-16(11-14)30-3/h5-8,10-12,20,24-25H,4,9H2,1-3H3. The molecular weight excluding hydrogens is 398 g/mol. The number of nitrogens with zero attached hydrogens (tertiary/aromatic N) is 1. The number of allylic oxidation sites excluding steroid dienone is 1. The minimum Gasteiger partial charge on any atom is -0.497 e. The number of carbonyl (C=O) groups excluding carboxylic acids is 2. The van der Waals surface area contributed by atoms with Crippen LogP contribution in [0.15, 0.2) is 53.7 Å². The highest BCUT2D eigenvalue weighted by atomic mass is 16.5. The van der Waals surface area contributed by atoms with E-state index in [0.29, 0.717) is 29.3 Å². The number of ketones is 1. The van der Waals surface area contributed by atoms with Gasteiger partial charge in [-0.3, -0.25) is 10.2 Å². The van der Waals surface area contributed by atoms with Gasteiger partial charge >= 0.3 is 5.97 Å². The first kappa shape index (κ1) is 20.5. The van der Waals surface area contributed by atoms with Crippen LogP contribution < -0.4 is 19.7 Å². The van der Waals surface area contributed by atoms with Gasteiger partial charge in [0.05, 0.1) is 32.1 Å². The molecule has 2 N–H and O–H groups in total. The molecule has 2 aromatic rings. The molecule has 160 valence electrons. The second-order valence-corrected chi connectivity index (χ2v) is 7.12. The molecule has 8 nitrogen and oxygen atoms in total. The van der Waals surface area contributed by atoms with E-state index in [-0.39, 0.29) is 18.0 Å². The minimum atomic E-state index is -1.29. The summed E-state index contributed by atoms with van der Waals surface area (Å²) >= 11 is 0. The van der Waals surface area contributed by atoms with Gasteiger partial charge in [-0.25, -0.2) is 4.79 Å². The zero-order valence-electron chi connectivity index (χ0n) is 17.5. The summed E-state index contributed by atoms with van der Waals surface area (Å²) in [4.78, 5) is 27.6. The number of hydrogen-bond donors (Lipinski definition) is 2. The Morgan fingerprint density at radius 1 is 1.16 bits per heavy atom. The number of nitrogens with one attached hydrogen (secondary N) is 2. The Kier molecular flexibility index (Phi) is 5.37. The van der Waals surface area contributed by atoms with Gasteiger partial charge in [0.25, 0.3) is 0 Å². The van der Waals surface area contributed by atoms with Crippen LogP contribution in [0.2, 0.25) is 0 Å². The summed E-state index contributed by atoms with van der Waals surface area (Å²) in [6.45, 7) is 1.80. The van der Waals surface area contributed by atoms with Crippen molar-refractivity contribution in [3.63, 3.8) is 0 Å². The van der Waals surface area contributed by atoms with Crippen LogP contribution in [0.4, 0.5) is 11.4 Å². The number of benzene rings is 2. The molecule has 1 fully saturated rings. The lowest BCUT2D eigenvalue weighted by atomic mass is 10.0. The van der Waals surface area contributed by atoms with Crippen LogP contribution in [0.25, 0.3) is 0 Å². The molecule has 2 aromatic carbocycles. The molecule has 0 radical (unpaired) electrons. The van der Waals surface area contributed by atoms with E-state index in [4.69, 9.17) is 19.6 Å². The molecule has 0 aromatic heterocycles. The normalized spacial score (nSPS) is 19.8. The van der Waals surface area contributed by atoms with E-state index in [9.17, 15) is 9.59 Å². The van der Waals surface area contributed by atoms with Gasteiger partial charge in [0.15, 0.2) is 6.04 Å². The van der Waals surface area contributed by atoms with Gasteiger partial charge in [-0.1, -0.05) is 18.2 Å². The van der Waals surface area contributed by atoms with Crippen LogP contribution in [-0.4, -0.2) is 44.5 Å². The first-order valence-electron chi connectivity index (χ1n) is 9.88. The molecule has 0 spiro atoms. The van der Waals surface area contributed by atoms with Crippen molar-refractivity contribution in [3.8, 4) is 11.5 Å². The van der Waals surface area contributed by atoms with Crippen molar-refractivity contribution in [2.75, 3.05) is 31.0 Å². The third-order valence-electron chi connectivity index (χ3n) is 5.33. The number of rotatable bonds is 5. The van der Waals surface area contributed by atoms with Gasteiger partial charge in [0, 0.05) is 36.0 Å². The number of fused-ring (bicyclic) bond motifs is 1. The largest absolute Gasteiger partial charge is 0.497 e. The van der Waals surface area contributed by atoms with Crippen molar-refractivity contribution >= 4 is 29.0 Å². The predicted octanol–water partition coefficient (Wildman–Crippen LogP) is 2.92. The van der Waals surface area contributed by atoms with E-state index in [1.165, 1.54) is 19.1 Å². The first-order chi connectivity index (χ1) is 15.0. The van der Waals surface area contributed by atoms with E-state index >= 15 is 0 Å². The highest BCUT2D eigenvalue weighted by molar-refractivity contribution is 6.39. The molecule has 4 rings (SSSR count). The summed E-state index contributed by atoms with van der Waals surface area (Å²) in [5, 5.41) is 12.1. The lowest BCUT2D eigenvalue weighted by molar-refractivity contribution is -0.146. The first-order valence-corrected chi connectivity index (χ1v) is 9.88. The van der Waals surface area contributed by atoms with Gasteiger partial charge in [-0.2, -0.15) is 0 Å². The quantitative estimate of drug-likeness (QED) is 0.435. The fourth-order valence-corrected chi connectivity index (χ4v) is 3.90. The Morgan fingerprint density at radius 2 is 1.84 bits per heavy atom. The number of methoxy groups -OCH3 is 2. The van der Waals surface area contributed by atoms with Crippen LogP contribution in [-0.2, 0) is 20.7 Å². The van der Waals surface area contributed by atoms with Crippen LogP contribution in [0.5, 0.6) is 11.5 Å². The molecule has 1 atom stereocenters. The second kappa shape index (κ2) is 8.14. The number of Topliss-reactive ketones (excluding diaryl/α,β-unsaturated/α-hetero) is 1. The highest BCUT2D eigenvalue weighted by Gasteiger charge is 2.49. The Morgan fingerprint density at radius 3 is 2.45 bits per heavy atom. The average Bonchev–Trinajstić information content (AvgIpc) is 3.31. The zero-order valence-corrected chi connectivity index (χ0v) is 17.5. The number of carbonyl (C=O) groups is 2. The maximum Gasteiger partial charge on any atom is 0.337 e. The van der Waals surface area contributed by atoms with Gasteiger partial charge in [0.2, 0.25) is 5.78 Å². The number of hydrogen-bond acceptors (Lipinski definition) is 7. The predicted molar refractivity (Wildman–Crippen MR) is 116 cm³/mol. The van der Waals surface area contributed by atoms with Crippen LogP contribution in [0.1, 0.15) is 12.5 Å². The topological polar surface area (TPSA) is 101 Å². The van der Waals surface area contributed by atoms with Crippen LogP contribution in [0, 0.1) is 5.41 Å². The summed E-state index contributed by atoms with van der Waals surface area (Å²) in [5.41, 5.74) is 3.12. The van der Waals surface area contributed by atoms with E-state index < -0.39 is 17.8 Å². The monoisotopic (exact) mass is 421 g/mol. The Labute approximate surface area is 179 Å². The molecule has 2 heterocycles. The number of anilines is 2. The molecule has 0 amide bonds. The summed E-state index contributed by atoms with van der Waals surface area (Å²) in [6.07, 6.45) is 0.477. The minimum absolute atomic E-state index is 0.0753. The smallest absolute Gasteiger partial charge is 0.337 e. The average molecular weight is 421 g/mol. The van der Waals surface area contributed by atoms with Crippen molar-refractivity contribution in [1.29, 1.82) is 5.41 Å². The van der Waals surface area contributed by atoms with Crippen molar-refractivity contribution < 1.29 is 23.8 Å². The third-order valence-corrected chi connectivity index (χ3v) is 5.33. The SMILES string of the molecule is CCOC(=O)C1C(=O)C(=C2Cc3ccccc3N2)C(=N)N1c1cc(OC)cc(OC)c1. The van der Waals surface area contributed by atoms with Gasteiger partial charge in [-0.05, 0) is 18.6 Å². The third kappa shape index (κ3) is 3.50. The molecule has 0 bridgehead atoms. The number of amidine groups is 1. The van der Waals surface area contributed by atoms with E-state index in [2.05, 4.69) is 5.32 Å². The van der Waals surface area contributed by atoms with Crippen molar-refractivity contribution in [2.45, 2.75) is 19.4 Å². The van der Waals surface area contributed by atoms with Crippen molar-refractivity contribution in [1.82, 2.24) is 0 Å². The van der Waals surface area contributed by atoms with E-state index in [1.54, 1.807) is 25.1 Å². The maximum absolute atomic E-state index is 13.4. The number of esters is 1. The molecule has 0 saturated carbocycles. The van der Waals surface area contributed by atoms with Crippen molar-refractivity contribution in [2.24, 2.45) is 0 Å². The van der Waals surface area contributed by atoms with Crippen LogP contribution in [0.3, 0.4) is 0 Å². The summed E-state index contributed by atoms with van der Waals surface area (Å²) in [5.74, 6) is -0.297. The molecule has 2 aliphatic rings. The highest BCUT2D eigenvalue weighted by Crippen LogP contribution is 2.38. The molecular formula is C23H23N3O5. The molecule has 1 saturated heterocycles. The van der Waals surface area contributed by atoms with Gasteiger partial charge in [0.1, 0.15) is 17.3 Å². The Balaban J connectivity index is 1.83. The fraction of sp³-hybridized carbons (Fsp3) is 0.261.